The van der Waals surface area contributed by atoms with Crippen LogP contribution in [0.15, 0.2) is 24.5 Å². The van der Waals surface area contributed by atoms with Crippen LogP contribution >= 0.6 is 0 Å². The number of benzene rings is 1. The molecule has 4 rings (SSSR count). The third-order valence-corrected chi connectivity index (χ3v) is 6.09. The molecule has 0 saturated carbocycles. The van der Waals surface area contributed by atoms with Gasteiger partial charge < -0.3 is 19.9 Å². The minimum Gasteiger partial charge on any atom is -0.367 e. The Bertz CT molecular complexity index is 979. The van der Waals surface area contributed by atoms with Gasteiger partial charge in [0.1, 0.15) is 12.1 Å². The fourth-order valence-electron chi connectivity index (χ4n) is 4.28. The van der Waals surface area contributed by atoms with Gasteiger partial charge in [0.05, 0.1) is 24.3 Å². The van der Waals surface area contributed by atoms with Gasteiger partial charge in [-0.25, -0.2) is 18.7 Å². The average Bonchev–Trinajstić information content (AvgIpc) is 3.17. The highest BCUT2D eigenvalue weighted by Crippen LogP contribution is 2.35. The summed E-state index contributed by atoms with van der Waals surface area (Å²) in [6, 6.07) is 3.86. The number of halogens is 2. The van der Waals surface area contributed by atoms with Gasteiger partial charge in [-0.1, -0.05) is 19.9 Å². The van der Waals surface area contributed by atoms with Crippen molar-refractivity contribution in [2.45, 2.75) is 45.4 Å². The zero-order valence-electron chi connectivity index (χ0n) is 18.6. The summed E-state index contributed by atoms with van der Waals surface area (Å²) in [5, 5.41) is 3.26. The molecule has 7 nitrogen and oxygen atoms in total. The lowest BCUT2D eigenvalue weighted by Crippen LogP contribution is -2.51. The molecule has 1 aromatic heterocycles. The Morgan fingerprint density at radius 2 is 1.94 bits per heavy atom. The van der Waals surface area contributed by atoms with Crippen LogP contribution in [0.1, 0.15) is 49.6 Å². The molecule has 1 saturated heterocycles. The highest BCUT2D eigenvalue weighted by atomic mass is 19.2. The van der Waals surface area contributed by atoms with Crippen LogP contribution in [-0.2, 0) is 16.1 Å². The van der Waals surface area contributed by atoms with Crippen LogP contribution in [0.2, 0.25) is 0 Å². The first kappa shape index (κ1) is 22.5. The molecule has 0 bridgehead atoms. The fourth-order valence-corrected chi connectivity index (χ4v) is 4.28. The average molecular weight is 446 g/mol. The van der Waals surface area contributed by atoms with E-state index in [0.717, 1.165) is 29.2 Å². The number of nitrogens with one attached hydrogen (secondary N) is 1. The van der Waals surface area contributed by atoms with Gasteiger partial charge in [0.25, 0.3) is 0 Å². The van der Waals surface area contributed by atoms with Crippen molar-refractivity contribution in [1.29, 1.82) is 0 Å². The third-order valence-electron chi connectivity index (χ3n) is 6.09. The molecule has 2 aromatic rings. The Balaban J connectivity index is 1.48. The number of aromatic nitrogens is 2. The van der Waals surface area contributed by atoms with Crippen molar-refractivity contribution in [2.24, 2.45) is 0 Å². The highest BCUT2D eigenvalue weighted by molar-refractivity contribution is 5.84. The van der Waals surface area contributed by atoms with Crippen LogP contribution in [0.25, 0.3) is 0 Å². The van der Waals surface area contributed by atoms with Crippen LogP contribution in [-0.4, -0.2) is 59.5 Å². The Morgan fingerprint density at radius 1 is 1.19 bits per heavy atom. The van der Waals surface area contributed by atoms with E-state index in [9.17, 15) is 13.6 Å². The smallest absolute Gasteiger partial charge is 0.231 e. The molecular formula is C23H29F2N5O2. The summed E-state index contributed by atoms with van der Waals surface area (Å²) >= 11 is 0. The molecule has 1 aromatic carbocycles. The Morgan fingerprint density at radius 3 is 2.62 bits per heavy atom. The summed E-state index contributed by atoms with van der Waals surface area (Å²) in [5.74, 6) is -1.67. The molecule has 1 N–H and O–H groups in total. The highest BCUT2D eigenvalue weighted by Gasteiger charge is 2.32. The monoisotopic (exact) mass is 445 g/mol. The number of carbonyl (C=O) groups excluding carboxylic acids is 1. The van der Waals surface area contributed by atoms with Gasteiger partial charge in [-0.2, -0.15) is 0 Å². The maximum Gasteiger partial charge on any atom is 0.231 e. The van der Waals surface area contributed by atoms with Crippen molar-refractivity contribution >= 4 is 11.7 Å². The van der Waals surface area contributed by atoms with E-state index in [2.05, 4.69) is 20.2 Å². The van der Waals surface area contributed by atoms with Gasteiger partial charge in [-0.3, -0.25) is 4.79 Å². The molecule has 1 fully saturated rings. The molecule has 3 heterocycles. The van der Waals surface area contributed by atoms with Gasteiger partial charge in [-0.15, -0.1) is 0 Å². The van der Waals surface area contributed by atoms with Gasteiger partial charge in [0.2, 0.25) is 5.91 Å². The van der Waals surface area contributed by atoms with Gasteiger partial charge in [-0.05, 0) is 24.6 Å². The maximum absolute atomic E-state index is 13.9. The zero-order valence-corrected chi connectivity index (χ0v) is 18.6. The molecule has 1 amide bonds. The van der Waals surface area contributed by atoms with Crippen molar-refractivity contribution in [3.05, 3.63) is 53.0 Å². The van der Waals surface area contributed by atoms with Crippen molar-refractivity contribution in [3.63, 3.8) is 0 Å². The SMILES string of the molecule is CC(C)NCC(C(=O)N1CCN(c2ncnc3c2[C@H](C)OC3)CC1)c1ccc(F)c(F)c1. The summed E-state index contributed by atoms with van der Waals surface area (Å²) in [6.07, 6.45) is 1.50. The Kier molecular flexibility index (Phi) is 6.66. The number of hydrogen-bond acceptors (Lipinski definition) is 6. The summed E-state index contributed by atoms with van der Waals surface area (Å²) < 4.78 is 33.0. The minimum absolute atomic E-state index is 0.0549. The first-order valence-corrected chi connectivity index (χ1v) is 11.0. The van der Waals surface area contributed by atoms with Gasteiger partial charge >= 0.3 is 0 Å². The number of anilines is 1. The first-order chi connectivity index (χ1) is 15.3. The summed E-state index contributed by atoms with van der Waals surface area (Å²) in [5.41, 5.74) is 2.41. The van der Waals surface area contributed by atoms with Crippen LogP contribution < -0.4 is 10.2 Å². The van der Waals surface area contributed by atoms with Crippen LogP contribution in [0.3, 0.4) is 0 Å². The number of nitrogens with zero attached hydrogens (tertiary/aromatic N) is 4. The number of fused-ring (bicyclic) bond motifs is 1. The van der Waals surface area contributed by atoms with Gasteiger partial charge in [0.15, 0.2) is 11.6 Å². The van der Waals surface area contributed by atoms with E-state index in [1.807, 2.05) is 20.8 Å². The van der Waals surface area contributed by atoms with Gasteiger partial charge in [0, 0.05) is 44.3 Å². The summed E-state index contributed by atoms with van der Waals surface area (Å²) in [4.78, 5) is 26.2. The fraction of sp³-hybridized carbons (Fsp3) is 0.522. The largest absolute Gasteiger partial charge is 0.367 e. The number of amides is 1. The predicted octanol–water partition coefficient (Wildman–Crippen LogP) is 2.78. The Labute approximate surface area is 186 Å². The number of ether oxygens (including phenoxy) is 1. The molecule has 172 valence electrons. The second-order valence-corrected chi connectivity index (χ2v) is 8.61. The zero-order chi connectivity index (χ0) is 22.8. The van der Waals surface area contributed by atoms with E-state index in [1.54, 1.807) is 11.2 Å². The number of rotatable bonds is 6. The third kappa shape index (κ3) is 4.59. The summed E-state index contributed by atoms with van der Waals surface area (Å²) in [6.45, 7) is 9.11. The lowest BCUT2D eigenvalue weighted by molar-refractivity contribution is -0.133. The van der Waals surface area contributed by atoms with E-state index >= 15 is 0 Å². The first-order valence-electron chi connectivity index (χ1n) is 11.0. The second-order valence-electron chi connectivity index (χ2n) is 8.61. The van der Waals surface area contributed by atoms with Crippen molar-refractivity contribution in [3.8, 4) is 0 Å². The lowest BCUT2D eigenvalue weighted by Gasteiger charge is -2.38. The van der Waals surface area contributed by atoms with E-state index < -0.39 is 17.6 Å². The molecule has 32 heavy (non-hydrogen) atoms. The molecule has 2 aliphatic heterocycles. The predicted molar refractivity (Wildman–Crippen MR) is 116 cm³/mol. The van der Waals surface area contributed by atoms with E-state index in [1.165, 1.54) is 6.07 Å². The standard InChI is InChI=1S/C23H29F2N5O2/c1-14(2)26-11-17(16-4-5-18(24)19(25)10-16)23(31)30-8-6-29(7-9-30)22-21-15(3)32-12-20(21)27-13-28-22/h4-5,10,13-15,17,26H,6-9,11-12H2,1-3H3/t15-,17?/m0/s1. The van der Waals surface area contributed by atoms with Crippen molar-refractivity contribution in [2.75, 3.05) is 37.6 Å². The number of carbonyl (C=O) groups is 1. The molecule has 2 aliphatic rings. The molecule has 9 heteroatoms. The van der Waals surface area contributed by atoms with Crippen LogP contribution in [0.4, 0.5) is 14.6 Å². The molecule has 0 spiro atoms. The molecule has 1 unspecified atom stereocenters. The van der Waals surface area contributed by atoms with E-state index in [4.69, 9.17) is 4.74 Å². The van der Waals surface area contributed by atoms with Crippen molar-refractivity contribution in [1.82, 2.24) is 20.2 Å². The topological polar surface area (TPSA) is 70.6 Å². The number of piperazine rings is 1. The lowest BCUT2D eigenvalue weighted by atomic mass is 9.96. The Hall–Kier alpha value is -2.65. The quantitative estimate of drug-likeness (QED) is 0.738. The maximum atomic E-state index is 13.9. The molecule has 2 atom stereocenters. The van der Waals surface area contributed by atoms with E-state index in [-0.39, 0.29) is 18.1 Å². The normalized spacial score (nSPS) is 19.4. The van der Waals surface area contributed by atoms with Crippen LogP contribution in [0.5, 0.6) is 0 Å². The number of hydrogen-bond donors (Lipinski definition) is 1. The minimum atomic E-state index is -0.941. The van der Waals surface area contributed by atoms with Crippen LogP contribution in [0, 0.1) is 11.6 Å². The van der Waals surface area contributed by atoms with Crippen molar-refractivity contribution < 1.29 is 18.3 Å². The second kappa shape index (κ2) is 9.46. The molecular weight excluding hydrogens is 416 g/mol. The molecule has 0 radical (unpaired) electrons. The van der Waals surface area contributed by atoms with E-state index in [0.29, 0.717) is 44.9 Å². The molecule has 0 aliphatic carbocycles. The summed E-state index contributed by atoms with van der Waals surface area (Å²) in [7, 11) is 0.